The molecule has 0 saturated carbocycles. The van der Waals surface area contributed by atoms with E-state index >= 15 is 0 Å². The fourth-order valence-electron chi connectivity index (χ4n) is 2.74. The number of carbonyl (C=O) groups is 2. The number of hydrogen-bond donors (Lipinski definition) is 1. The standard InChI is InChI=1S/C17H23FN2O5S/c18-7-8-19-16(21)12-14-13-25-10-9-20(14)17(22)6-11-26(23,24)15-4-2-1-3-5-15/h1-5,14H,6-13H2,(H,19,21)/t14-/m1/s1. The van der Waals surface area contributed by atoms with Crippen LogP contribution in [-0.2, 0) is 24.2 Å². The Bertz CT molecular complexity index is 711. The van der Waals surface area contributed by atoms with Crippen LogP contribution in [0.5, 0.6) is 0 Å². The van der Waals surface area contributed by atoms with Gasteiger partial charge in [0.05, 0.1) is 29.9 Å². The Morgan fingerprint density at radius 1 is 1.27 bits per heavy atom. The summed E-state index contributed by atoms with van der Waals surface area (Å²) in [5.41, 5.74) is 0. The van der Waals surface area contributed by atoms with E-state index in [4.69, 9.17) is 4.74 Å². The number of carbonyl (C=O) groups excluding carboxylic acids is 2. The van der Waals surface area contributed by atoms with Crippen LogP contribution in [0.4, 0.5) is 4.39 Å². The van der Waals surface area contributed by atoms with Crippen molar-refractivity contribution in [3.63, 3.8) is 0 Å². The molecule has 0 unspecified atom stereocenters. The van der Waals surface area contributed by atoms with Crippen LogP contribution in [0, 0.1) is 0 Å². The van der Waals surface area contributed by atoms with Crippen molar-refractivity contribution in [1.29, 1.82) is 0 Å². The van der Waals surface area contributed by atoms with Gasteiger partial charge >= 0.3 is 0 Å². The van der Waals surface area contributed by atoms with Crippen LogP contribution in [0.25, 0.3) is 0 Å². The van der Waals surface area contributed by atoms with Gasteiger partial charge in [-0.2, -0.15) is 0 Å². The molecule has 9 heteroatoms. The molecule has 0 spiro atoms. The van der Waals surface area contributed by atoms with Gasteiger partial charge < -0.3 is 15.0 Å². The molecule has 1 saturated heterocycles. The summed E-state index contributed by atoms with van der Waals surface area (Å²) in [7, 11) is -3.55. The van der Waals surface area contributed by atoms with Crippen molar-refractivity contribution in [2.75, 3.05) is 38.7 Å². The van der Waals surface area contributed by atoms with Crippen molar-refractivity contribution >= 4 is 21.7 Å². The first-order chi connectivity index (χ1) is 12.4. The van der Waals surface area contributed by atoms with E-state index < -0.39 is 22.6 Å². The highest BCUT2D eigenvalue weighted by Gasteiger charge is 2.30. The molecule has 2 rings (SSSR count). The number of benzene rings is 1. The number of rotatable bonds is 8. The van der Waals surface area contributed by atoms with Crippen LogP contribution in [0.1, 0.15) is 12.8 Å². The van der Waals surface area contributed by atoms with E-state index in [1.807, 2.05) is 0 Å². The van der Waals surface area contributed by atoms with Gasteiger partial charge in [0.15, 0.2) is 9.84 Å². The Kier molecular flexibility index (Phi) is 7.52. The Morgan fingerprint density at radius 2 is 2.00 bits per heavy atom. The number of ether oxygens (including phenoxy) is 1. The van der Waals surface area contributed by atoms with E-state index in [2.05, 4.69) is 5.32 Å². The van der Waals surface area contributed by atoms with E-state index in [0.717, 1.165) is 0 Å². The molecule has 1 atom stereocenters. The van der Waals surface area contributed by atoms with Crippen molar-refractivity contribution < 1.29 is 27.1 Å². The first-order valence-corrected chi connectivity index (χ1v) is 10.1. The second-order valence-electron chi connectivity index (χ2n) is 5.94. The van der Waals surface area contributed by atoms with Crippen molar-refractivity contribution in [2.45, 2.75) is 23.8 Å². The Hall–Kier alpha value is -2.00. The predicted octanol–water partition coefficient (Wildman–Crippen LogP) is 0.554. The van der Waals surface area contributed by atoms with Gasteiger partial charge in [0, 0.05) is 25.9 Å². The van der Waals surface area contributed by atoms with Gasteiger partial charge in [0.2, 0.25) is 11.8 Å². The third-order valence-corrected chi connectivity index (χ3v) is 5.80. The fourth-order valence-corrected chi connectivity index (χ4v) is 3.99. The Labute approximate surface area is 152 Å². The average molecular weight is 386 g/mol. The number of hydrogen-bond acceptors (Lipinski definition) is 5. The van der Waals surface area contributed by atoms with Gasteiger partial charge in [-0.3, -0.25) is 9.59 Å². The maximum Gasteiger partial charge on any atom is 0.224 e. The molecular formula is C17H23FN2O5S. The molecule has 1 heterocycles. The molecule has 0 radical (unpaired) electrons. The minimum atomic E-state index is -3.55. The van der Waals surface area contributed by atoms with E-state index in [1.54, 1.807) is 18.2 Å². The van der Waals surface area contributed by atoms with Crippen molar-refractivity contribution in [3.05, 3.63) is 30.3 Å². The highest BCUT2D eigenvalue weighted by Crippen LogP contribution is 2.15. The molecule has 7 nitrogen and oxygen atoms in total. The second-order valence-corrected chi connectivity index (χ2v) is 8.05. The fraction of sp³-hybridized carbons (Fsp3) is 0.529. The van der Waals surface area contributed by atoms with Crippen LogP contribution >= 0.6 is 0 Å². The molecule has 0 aliphatic carbocycles. The summed E-state index contributed by atoms with van der Waals surface area (Å²) in [4.78, 5) is 25.9. The van der Waals surface area contributed by atoms with Crippen molar-refractivity contribution in [2.24, 2.45) is 0 Å². The molecule has 1 aromatic carbocycles. The largest absolute Gasteiger partial charge is 0.377 e. The third kappa shape index (κ3) is 5.77. The van der Waals surface area contributed by atoms with Gasteiger partial charge in [0.1, 0.15) is 6.67 Å². The highest BCUT2D eigenvalue weighted by molar-refractivity contribution is 7.91. The first kappa shape index (κ1) is 20.3. The summed E-state index contributed by atoms with van der Waals surface area (Å²) in [5, 5.41) is 2.41. The van der Waals surface area contributed by atoms with Gasteiger partial charge in [0.25, 0.3) is 0 Å². The summed E-state index contributed by atoms with van der Waals surface area (Å²) < 4.78 is 42.0. The Balaban J connectivity index is 1.94. The second kappa shape index (κ2) is 9.63. The smallest absolute Gasteiger partial charge is 0.224 e. The summed E-state index contributed by atoms with van der Waals surface area (Å²) in [5.74, 6) is -1.00. The van der Waals surface area contributed by atoms with Gasteiger partial charge in [-0.05, 0) is 12.1 Å². The number of halogens is 1. The van der Waals surface area contributed by atoms with Gasteiger partial charge in [-0.25, -0.2) is 12.8 Å². The first-order valence-electron chi connectivity index (χ1n) is 8.41. The number of morpholine rings is 1. The minimum absolute atomic E-state index is 0.00280. The number of amides is 2. The minimum Gasteiger partial charge on any atom is -0.377 e. The van der Waals surface area contributed by atoms with Crippen LogP contribution in [0.3, 0.4) is 0 Å². The zero-order valence-corrected chi connectivity index (χ0v) is 15.2. The molecule has 1 aliphatic rings. The summed E-state index contributed by atoms with van der Waals surface area (Å²) in [6.45, 7) is 0.0911. The Morgan fingerprint density at radius 3 is 2.69 bits per heavy atom. The maximum atomic E-state index is 12.5. The van der Waals surface area contributed by atoms with Crippen LogP contribution in [0.2, 0.25) is 0 Å². The third-order valence-electron chi connectivity index (χ3n) is 4.07. The molecule has 2 amide bonds. The molecule has 26 heavy (non-hydrogen) atoms. The molecule has 0 aromatic heterocycles. The zero-order chi connectivity index (χ0) is 19.0. The van der Waals surface area contributed by atoms with E-state index in [-0.39, 0.29) is 48.5 Å². The zero-order valence-electron chi connectivity index (χ0n) is 14.4. The lowest BCUT2D eigenvalue weighted by molar-refractivity contribution is -0.141. The maximum absolute atomic E-state index is 12.5. The summed E-state index contributed by atoms with van der Waals surface area (Å²) in [6, 6.07) is 7.48. The van der Waals surface area contributed by atoms with Crippen LogP contribution < -0.4 is 5.32 Å². The lowest BCUT2D eigenvalue weighted by Crippen LogP contribution is -2.50. The van der Waals surface area contributed by atoms with Crippen LogP contribution in [0.15, 0.2) is 35.2 Å². The predicted molar refractivity (Wildman–Crippen MR) is 93.0 cm³/mol. The normalized spacial score (nSPS) is 17.7. The number of sulfone groups is 1. The number of nitrogens with one attached hydrogen (secondary N) is 1. The molecule has 1 fully saturated rings. The van der Waals surface area contributed by atoms with E-state index in [1.165, 1.54) is 17.0 Å². The van der Waals surface area contributed by atoms with E-state index in [0.29, 0.717) is 13.2 Å². The molecule has 1 aliphatic heterocycles. The van der Waals surface area contributed by atoms with Crippen molar-refractivity contribution in [3.8, 4) is 0 Å². The molecule has 144 valence electrons. The van der Waals surface area contributed by atoms with Gasteiger partial charge in [-0.15, -0.1) is 0 Å². The lowest BCUT2D eigenvalue weighted by atomic mass is 10.1. The van der Waals surface area contributed by atoms with E-state index in [9.17, 15) is 22.4 Å². The number of alkyl halides is 1. The average Bonchev–Trinajstić information content (AvgIpc) is 2.65. The molecular weight excluding hydrogens is 363 g/mol. The molecule has 1 aromatic rings. The summed E-state index contributed by atoms with van der Waals surface area (Å²) in [6.07, 6.45) is -0.170. The molecule has 1 N–H and O–H groups in total. The van der Waals surface area contributed by atoms with Gasteiger partial charge in [-0.1, -0.05) is 18.2 Å². The number of nitrogens with zero attached hydrogens (tertiary/aromatic N) is 1. The quantitative estimate of drug-likeness (QED) is 0.705. The van der Waals surface area contributed by atoms with Crippen molar-refractivity contribution in [1.82, 2.24) is 10.2 Å². The monoisotopic (exact) mass is 386 g/mol. The highest BCUT2D eigenvalue weighted by atomic mass is 32.2. The summed E-state index contributed by atoms with van der Waals surface area (Å²) >= 11 is 0. The van der Waals surface area contributed by atoms with Crippen LogP contribution in [-0.4, -0.2) is 69.9 Å². The topological polar surface area (TPSA) is 92.8 Å². The lowest BCUT2D eigenvalue weighted by Gasteiger charge is -2.35. The SMILES string of the molecule is O=C(C[C@@H]1COCCN1C(=O)CCS(=O)(=O)c1ccccc1)NCCF. The molecule has 0 bridgehead atoms.